The molecule has 0 unspecified atom stereocenters. The number of aryl methyl sites for hydroxylation is 1. The zero-order valence-electron chi connectivity index (χ0n) is 18.4. The lowest BCUT2D eigenvalue weighted by atomic mass is 10.1. The fourth-order valence-corrected chi connectivity index (χ4v) is 5.75. The Morgan fingerprint density at radius 3 is 2.50 bits per heavy atom. The van der Waals surface area contributed by atoms with E-state index >= 15 is 0 Å². The maximum atomic E-state index is 13.1. The van der Waals surface area contributed by atoms with Crippen molar-refractivity contribution in [2.45, 2.75) is 38.1 Å². The Hall–Kier alpha value is -2.98. The van der Waals surface area contributed by atoms with Crippen LogP contribution in [-0.4, -0.2) is 44.2 Å². The van der Waals surface area contributed by atoms with Crippen molar-refractivity contribution in [1.29, 1.82) is 0 Å². The lowest BCUT2D eigenvalue weighted by Gasteiger charge is -2.25. The summed E-state index contributed by atoms with van der Waals surface area (Å²) in [5.74, 6) is 0.308. The molecule has 0 radical (unpaired) electrons. The quantitative estimate of drug-likeness (QED) is 0.510. The van der Waals surface area contributed by atoms with Crippen molar-refractivity contribution in [2.75, 3.05) is 18.0 Å². The van der Waals surface area contributed by atoms with E-state index in [0.29, 0.717) is 29.4 Å². The molecule has 0 bridgehead atoms. The number of hydrogen-bond donors (Lipinski definition) is 1. The van der Waals surface area contributed by atoms with Crippen molar-refractivity contribution in [3.63, 3.8) is 0 Å². The summed E-state index contributed by atoms with van der Waals surface area (Å²) in [6.45, 7) is 5.90. The van der Waals surface area contributed by atoms with E-state index in [9.17, 15) is 13.2 Å². The lowest BCUT2D eigenvalue weighted by molar-refractivity contribution is 0.0951. The van der Waals surface area contributed by atoms with Gasteiger partial charge in [-0.3, -0.25) is 4.79 Å². The van der Waals surface area contributed by atoms with Crippen molar-refractivity contribution >= 4 is 32.4 Å². The van der Waals surface area contributed by atoms with E-state index in [-0.39, 0.29) is 16.8 Å². The second-order valence-electron chi connectivity index (χ2n) is 7.47. The third-order valence-corrected chi connectivity index (χ3v) is 7.57. The summed E-state index contributed by atoms with van der Waals surface area (Å²) in [6, 6.07) is 11.8. The molecule has 1 aromatic heterocycles. The van der Waals surface area contributed by atoms with Crippen LogP contribution in [0, 0.1) is 6.92 Å². The molecule has 3 aromatic rings. The molecule has 3 rings (SSSR count). The van der Waals surface area contributed by atoms with Crippen LogP contribution in [0.15, 0.2) is 52.9 Å². The van der Waals surface area contributed by atoms with Gasteiger partial charge in [-0.25, -0.2) is 12.7 Å². The molecule has 0 saturated carbocycles. The first-order valence-corrected chi connectivity index (χ1v) is 12.4. The molecule has 0 atom stereocenters. The number of benzene rings is 2. The van der Waals surface area contributed by atoms with Crippen molar-refractivity contribution in [3.8, 4) is 5.75 Å². The molecular formula is C22H26N4O4S2. The topological polar surface area (TPSA) is 101 Å². The minimum absolute atomic E-state index is 0.179. The molecule has 32 heavy (non-hydrogen) atoms. The van der Waals surface area contributed by atoms with Gasteiger partial charge in [0.15, 0.2) is 0 Å². The van der Waals surface area contributed by atoms with Gasteiger partial charge in [-0.05, 0) is 57.0 Å². The summed E-state index contributed by atoms with van der Waals surface area (Å²) in [4.78, 5) is 12.7. The van der Waals surface area contributed by atoms with Crippen LogP contribution in [0.2, 0.25) is 0 Å². The smallest absolute Gasteiger partial charge is 0.266 e. The van der Waals surface area contributed by atoms with Gasteiger partial charge in [0.05, 0.1) is 17.6 Å². The predicted octanol–water partition coefficient (Wildman–Crippen LogP) is 3.43. The molecule has 0 fully saturated rings. The molecule has 10 heteroatoms. The second-order valence-corrected chi connectivity index (χ2v) is 10.1. The number of amides is 1. The van der Waals surface area contributed by atoms with E-state index in [1.165, 1.54) is 28.3 Å². The first-order chi connectivity index (χ1) is 15.2. The number of carbonyl (C=O) groups is 1. The van der Waals surface area contributed by atoms with Gasteiger partial charge < -0.3 is 10.1 Å². The summed E-state index contributed by atoms with van der Waals surface area (Å²) in [7, 11) is -2.23. The molecule has 0 aliphatic rings. The van der Waals surface area contributed by atoms with E-state index in [2.05, 4.69) is 15.5 Å². The predicted molar refractivity (Wildman–Crippen MR) is 125 cm³/mol. The summed E-state index contributed by atoms with van der Waals surface area (Å²) in [5.41, 5.74) is 3.87. The highest BCUT2D eigenvalue weighted by Gasteiger charge is 2.29. The third-order valence-electron chi connectivity index (χ3n) is 4.79. The summed E-state index contributed by atoms with van der Waals surface area (Å²) < 4.78 is 32.8. The number of nitrogens with one attached hydrogen (secondary N) is 1. The molecule has 0 saturated heterocycles. The molecule has 0 aliphatic heterocycles. The summed E-state index contributed by atoms with van der Waals surface area (Å²) in [6.07, 6.45) is 0.560. The molecule has 170 valence electrons. The van der Waals surface area contributed by atoms with E-state index in [1.54, 1.807) is 50.2 Å². The fourth-order valence-electron chi connectivity index (χ4n) is 3.22. The number of ether oxygens (including phenoxy) is 1. The van der Waals surface area contributed by atoms with Crippen molar-refractivity contribution < 1.29 is 17.9 Å². The number of carbonyl (C=O) groups excluding carboxylic acids is 1. The minimum Gasteiger partial charge on any atom is -0.496 e. The largest absolute Gasteiger partial charge is 0.496 e. The standard InChI is InChI=1S/C22H26N4O4S2/c1-15(2)26(22-25-24-14-31-22)32(28,29)18-8-6-17(7-9-18)11-12-23-21(27)19-13-16(3)5-10-20(19)30-4/h5-10,13-15H,11-12H2,1-4H3,(H,23,27). The summed E-state index contributed by atoms with van der Waals surface area (Å²) >= 11 is 1.17. The number of hydrogen-bond acceptors (Lipinski definition) is 7. The van der Waals surface area contributed by atoms with Gasteiger partial charge in [0.2, 0.25) is 5.13 Å². The van der Waals surface area contributed by atoms with Gasteiger partial charge in [0.25, 0.3) is 15.9 Å². The van der Waals surface area contributed by atoms with Crippen molar-refractivity contribution in [2.24, 2.45) is 0 Å². The SMILES string of the molecule is COc1ccc(C)cc1C(=O)NCCc1ccc(S(=O)(=O)N(c2nncs2)C(C)C)cc1. The average molecular weight is 475 g/mol. The van der Waals surface area contributed by atoms with Crippen LogP contribution in [-0.2, 0) is 16.4 Å². The van der Waals surface area contributed by atoms with E-state index in [0.717, 1.165) is 11.1 Å². The van der Waals surface area contributed by atoms with Crippen LogP contribution >= 0.6 is 11.3 Å². The third kappa shape index (κ3) is 5.25. The second kappa shape index (κ2) is 10.1. The van der Waals surface area contributed by atoms with E-state index in [1.807, 2.05) is 13.0 Å². The monoisotopic (exact) mass is 474 g/mol. The first-order valence-electron chi connectivity index (χ1n) is 10.1. The number of aromatic nitrogens is 2. The maximum Gasteiger partial charge on any atom is 0.266 e. The van der Waals surface area contributed by atoms with Crippen LogP contribution in [0.25, 0.3) is 0 Å². The molecule has 2 aromatic carbocycles. The zero-order chi connectivity index (χ0) is 23.3. The molecule has 0 spiro atoms. The minimum atomic E-state index is -3.76. The molecule has 1 heterocycles. The van der Waals surface area contributed by atoms with Crippen molar-refractivity contribution in [1.82, 2.24) is 15.5 Å². The highest BCUT2D eigenvalue weighted by Crippen LogP contribution is 2.27. The normalized spacial score (nSPS) is 11.4. The van der Waals surface area contributed by atoms with Crippen LogP contribution in [0.5, 0.6) is 5.75 Å². The Morgan fingerprint density at radius 1 is 1.19 bits per heavy atom. The highest BCUT2D eigenvalue weighted by atomic mass is 32.2. The van der Waals surface area contributed by atoms with Gasteiger partial charge >= 0.3 is 0 Å². The zero-order valence-corrected chi connectivity index (χ0v) is 20.0. The van der Waals surface area contributed by atoms with E-state index < -0.39 is 10.0 Å². The number of rotatable bonds is 9. The Labute approximate surface area is 192 Å². The molecule has 0 aliphatic carbocycles. The Morgan fingerprint density at radius 2 is 1.91 bits per heavy atom. The van der Waals surface area contributed by atoms with E-state index in [4.69, 9.17) is 4.74 Å². The lowest BCUT2D eigenvalue weighted by Crippen LogP contribution is -2.37. The number of methoxy groups -OCH3 is 1. The van der Waals surface area contributed by atoms with Crippen LogP contribution in [0.1, 0.15) is 35.3 Å². The Balaban J connectivity index is 1.66. The molecular weight excluding hydrogens is 448 g/mol. The number of sulfonamides is 1. The maximum absolute atomic E-state index is 13.1. The van der Waals surface area contributed by atoms with Crippen molar-refractivity contribution in [3.05, 3.63) is 64.7 Å². The molecule has 1 amide bonds. The highest BCUT2D eigenvalue weighted by molar-refractivity contribution is 7.93. The number of anilines is 1. The van der Waals surface area contributed by atoms with Gasteiger partial charge in [-0.2, -0.15) is 0 Å². The van der Waals surface area contributed by atoms with Gasteiger partial charge in [0, 0.05) is 12.6 Å². The Bertz CT molecular complexity index is 1160. The molecule has 8 nitrogen and oxygen atoms in total. The average Bonchev–Trinajstić information content (AvgIpc) is 3.27. The van der Waals surface area contributed by atoms with Crippen LogP contribution in [0.4, 0.5) is 5.13 Å². The summed E-state index contributed by atoms with van der Waals surface area (Å²) in [5, 5.41) is 10.9. The van der Waals surface area contributed by atoms with Gasteiger partial charge in [-0.15, -0.1) is 10.2 Å². The van der Waals surface area contributed by atoms with Crippen LogP contribution in [0.3, 0.4) is 0 Å². The molecule has 1 N–H and O–H groups in total. The van der Waals surface area contributed by atoms with Gasteiger partial charge in [-0.1, -0.05) is 35.1 Å². The van der Waals surface area contributed by atoms with Gasteiger partial charge in [0.1, 0.15) is 11.3 Å². The fraction of sp³-hybridized carbons (Fsp3) is 0.318. The van der Waals surface area contributed by atoms with Crippen LogP contribution < -0.4 is 14.4 Å². The first kappa shape index (κ1) is 23.7. The Kier molecular flexibility index (Phi) is 7.47. The number of nitrogens with zero attached hydrogens (tertiary/aromatic N) is 3.